The van der Waals surface area contributed by atoms with Crippen molar-refractivity contribution < 1.29 is 9.53 Å². The number of benzene rings is 2. The van der Waals surface area contributed by atoms with E-state index in [-0.39, 0.29) is 5.91 Å². The molecule has 0 radical (unpaired) electrons. The van der Waals surface area contributed by atoms with E-state index < -0.39 is 6.10 Å². The van der Waals surface area contributed by atoms with Crippen LogP contribution in [0.2, 0.25) is 10.0 Å². The highest BCUT2D eigenvalue weighted by molar-refractivity contribution is 6.33. The monoisotopic (exact) mass is 323 g/mol. The number of anilines is 1. The minimum absolute atomic E-state index is 0.259. The molecule has 1 atom stereocenters. The van der Waals surface area contributed by atoms with Gasteiger partial charge in [-0.1, -0.05) is 54.4 Å². The predicted molar refractivity (Wildman–Crippen MR) is 86.2 cm³/mol. The van der Waals surface area contributed by atoms with Crippen molar-refractivity contribution in [1.29, 1.82) is 0 Å². The molecule has 0 aromatic heterocycles. The summed E-state index contributed by atoms with van der Waals surface area (Å²) in [7, 11) is 0. The second kappa shape index (κ2) is 7.34. The van der Waals surface area contributed by atoms with Gasteiger partial charge in [0.1, 0.15) is 5.75 Å². The minimum atomic E-state index is -0.638. The number of amides is 1. The molecular formula is C16H15Cl2NO2. The van der Waals surface area contributed by atoms with E-state index in [9.17, 15) is 4.79 Å². The Bertz CT molecular complexity index is 631. The Morgan fingerprint density at radius 2 is 1.71 bits per heavy atom. The molecule has 110 valence electrons. The van der Waals surface area contributed by atoms with E-state index in [0.29, 0.717) is 27.9 Å². The number of carbonyl (C=O) groups is 1. The molecule has 0 heterocycles. The third-order valence-electron chi connectivity index (χ3n) is 2.90. The Labute approximate surface area is 133 Å². The van der Waals surface area contributed by atoms with E-state index in [1.165, 1.54) is 0 Å². The molecule has 3 nitrogen and oxygen atoms in total. The summed E-state index contributed by atoms with van der Waals surface area (Å²) in [4.78, 5) is 12.3. The van der Waals surface area contributed by atoms with Gasteiger partial charge in [0.25, 0.3) is 5.91 Å². The van der Waals surface area contributed by atoms with Crippen molar-refractivity contribution in [3.8, 4) is 5.75 Å². The maximum Gasteiger partial charge on any atom is 0.265 e. The fraction of sp³-hybridized carbons (Fsp3) is 0.188. The highest BCUT2D eigenvalue weighted by Gasteiger charge is 2.20. The van der Waals surface area contributed by atoms with Crippen LogP contribution in [0.4, 0.5) is 5.69 Å². The number of ether oxygens (including phenoxy) is 1. The summed E-state index contributed by atoms with van der Waals surface area (Å²) in [5.41, 5.74) is 0.561. The standard InChI is InChI=1S/C16H15Cl2NO2/c1-2-14(21-15-10-6-4-8-12(15)18)16(20)19-13-9-5-3-7-11(13)17/h3-10,14H,2H2,1H3,(H,19,20). The quantitative estimate of drug-likeness (QED) is 0.859. The zero-order chi connectivity index (χ0) is 15.2. The van der Waals surface area contributed by atoms with E-state index in [2.05, 4.69) is 5.32 Å². The molecule has 2 rings (SSSR count). The highest BCUT2D eigenvalue weighted by atomic mass is 35.5. The van der Waals surface area contributed by atoms with Crippen molar-refractivity contribution >= 4 is 34.8 Å². The van der Waals surface area contributed by atoms with Crippen molar-refractivity contribution in [2.24, 2.45) is 0 Å². The lowest BCUT2D eigenvalue weighted by molar-refractivity contribution is -0.122. The number of rotatable bonds is 5. The number of carbonyl (C=O) groups excluding carboxylic acids is 1. The number of hydrogen-bond donors (Lipinski definition) is 1. The van der Waals surface area contributed by atoms with E-state index in [1.54, 1.807) is 48.5 Å². The Morgan fingerprint density at radius 3 is 2.33 bits per heavy atom. The molecule has 21 heavy (non-hydrogen) atoms. The van der Waals surface area contributed by atoms with Crippen LogP contribution < -0.4 is 10.1 Å². The number of halogens is 2. The molecule has 1 N–H and O–H groups in total. The van der Waals surface area contributed by atoms with Crippen molar-refractivity contribution in [2.75, 3.05) is 5.32 Å². The Morgan fingerprint density at radius 1 is 1.10 bits per heavy atom. The normalized spacial score (nSPS) is 11.8. The molecule has 0 saturated carbocycles. The lowest BCUT2D eigenvalue weighted by Gasteiger charge is -2.18. The van der Waals surface area contributed by atoms with E-state index in [4.69, 9.17) is 27.9 Å². The minimum Gasteiger partial charge on any atom is -0.479 e. The molecule has 0 saturated heterocycles. The average molecular weight is 324 g/mol. The largest absolute Gasteiger partial charge is 0.479 e. The summed E-state index contributed by atoms with van der Waals surface area (Å²) in [6.07, 6.45) is -0.122. The van der Waals surface area contributed by atoms with E-state index >= 15 is 0 Å². The third kappa shape index (κ3) is 4.13. The lowest BCUT2D eigenvalue weighted by atomic mass is 10.2. The summed E-state index contributed by atoms with van der Waals surface area (Å²) >= 11 is 12.1. The Kier molecular flexibility index (Phi) is 5.48. The molecule has 0 aliphatic heterocycles. The van der Waals surface area contributed by atoms with Crippen LogP contribution in [0.25, 0.3) is 0 Å². The Balaban J connectivity index is 2.09. The van der Waals surface area contributed by atoms with Gasteiger partial charge in [0.05, 0.1) is 15.7 Å². The first-order valence-electron chi connectivity index (χ1n) is 6.58. The second-order valence-corrected chi connectivity index (χ2v) is 5.23. The molecular weight excluding hydrogens is 309 g/mol. The second-order valence-electron chi connectivity index (χ2n) is 4.41. The molecule has 0 bridgehead atoms. The van der Waals surface area contributed by atoms with Crippen LogP contribution in [0.3, 0.4) is 0 Å². The van der Waals surface area contributed by atoms with Crippen molar-refractivity contribution in [3.63, 3.8) is 0 Å². The summed E-state index contributed by atoms with van der Waals surface area (Å²) in [5, 5.41) is 3.72. The molecule has 1 amide bonds. The molecule has 2 aromatic carbocycles. The molecule has 0 aliphatic carbocycles. The zero-order valence-electron chi connectivity index (χ0n) is 11.5. The van der Waals surface area contributed by atoms with Gasteiger partial charge in [-0.15, -0.1) is 0 Å². The van der Waals surface area contributed by atoms with Crippen LogP contribution in [0, 0.1) is 0 Å². The van der Waals surface area contributed by atoms with Crippen LogP contribution in [-0.4, -0.2) is 12.0 Å². The van der Waals surface area contributed by atoms with Gasteiger partial charge >= 0.3 is 0 Å². The van der Waals surface area contributed by atoms with Crippen LogP contribution >= 0.6 is 23.2 Å². The summed E-state index contributed by atoms with van der Waals surface area (Å²) in [5.74, 6) is 0.228. The number of hydrogen-bond acceptors (Lipinski definition) is 2. The Hall–Kier alpha value is -1.71. The summed E-state index contributed by atoms with van der Waals surface area (Å²) in [6, 6.07) is 14.1. The third-order valence-corrected chi connectivity index (χ3v) is 3.54. The molecule has 1 unspecified atom stereocenters. The number of para-hydroxylation sites is 2. The van der Waals surface area contributed by atoms with Crippen molar-refractivity contribution in [1.82, 2.24) is 0 Å². The van der Waals surface area contributed by atoms with Crippen LogP contribution in [0.5, 0.6) is 5.75 Å². The van der Waals surface area contributed by atoms with E-state index in [1.807, 2.05) is 6.92 Å². The fourth-order valence-electron chi connectivity index (χ4n) is 1.79. The summed E-state index contributed by atoms with van der Waals surface area (Å²) < 4.78 is 5.68. The van der Waals surface area contributed by atoms with Crippen LogP contribution in [-0.2, 0) is 4.79 Å². The van der Waals surface area contributed by atoms with Gasteiger partial charge in [-0.2, -0.15) is 0 Å². The van der Waals surface area contributed by atoms with Gasteiger partial charge in [-0.05, 0) is 30.7 Å². The fourth-order valence-corrected chi connectivity index (χ4v) is 2.15. The molecule has 5 heteroatoms. The first-order chi connectivity index (χ1) is 10.1. The smallest absolute Gasteiger partial charge is 0.265 e. The first-order valence-corrected chi connectivity index (χ1v) is 7.34. The number of nitrogens with one attached hydrogen (secondary N) is 1. The van der Waals surface area contributed by atoms with Gasteiger partial charge in [0, 0.05) is 0 Å². The maximum absolute atomic E-state index is 12.3. The van der Waals surface area contributed by atoms with Crippen molar-refractivity contribution in [2.45, 2.75) is 19.4 Å². The van der Waals surface area contributed by atoms with Gasteiger partial charge < -0.3 is 10.1 Å². The van der Waals surface area contributed by atoms with Crippen LogP contribution in [0.15, 0.2) is 48.5 Å². The summed E-state index contributed by atoms with van der Waals surface area (Å²) in [6.45, 7) is 1.87. The molecule has 0 fully saturated rings. The first kappa shape index (κ1) is 15.7. The van der Waals surface area contributed by atoms with Crippen molar-refractivity contribution in [3.05, 3.63) is 58.6 Å². The van der Waals surface area contributed by atoms with E-state index in [0.717, 1.165) is 0 Å². The van der Waals surface area contributed by atoms with Gasteiger partial charge in [-0.25, -0.2) is 0 Å². The molecule has 0 aliphatic rings. The zero-order valence-corrected chi connectivity index (χ0v) is 13.0. The average Bonchev–Trinajstić information content (AvgIpc) is 2.48. The highest BCUT2D eigenvalue weighted by Crippen LogP contribution is 2.26. The molecule has 2 aromatic rings. The molecule has 0 spiro atoms. The lowest BCUT2D eigenvalue weighted by Crippen LogP contribution is -2.32. The maximum atomic E-state index is 12.3. The van der Waals surface area contributed by atoms with Gasteiger partial charge in [-0.3, -0.25) is 4.79 Å². The SMILES string of the molecule is CCC(Oc1ccccc1Cl)C(=O)Nc1ccccc1Cl. The van der Waals surface area contributed by atoms with Crippen LogP contribution in [0.1, 0.15) is 13.3 Å². The van der Waals surface area contributed by atoms with Gasteiger partial charge in [0.2, 0.25) is 0 Å². The predicted octanol–water partition coefficient (Wildman–Crippen LogP) is 4.79. The topological polar surface area (TPSA) is 38.3 Å². The van der Waals surface area contributed by atoms with Gasteiger partial charge in [0.15, 0.2) is 6.10 Å².